The molecular formula is C16H16N2. The number of hydrogen-bond acceptors (Lipinski definition) is 2. The minimum absolute atomic E-state index is 0.915. The van der Waals surface area contributed by atoms with Crippen molar-refractivity contribution in [1.82, 2.24) is 0 Å². The number of aryl methyl sites for hydroxylation is 1. The smallest absolute Gasteiger partial charge is 0.0651 e. The van der Waals surface area contributed by atoms with Crippen LogP contribution in [0.25, 0.3) is 0 Å². The fourth-order valence-electron chi connectivity index (χ4n) is 1.60. The molecule has 0 aromatic heterocycles. The first kappa shape index (κ1) is 12.2. The average Bonchev–Trinajstić information content (AvgIpc) is 2.39. The predicted molar refractivity (Wildman–Crippen MR) is 78.7 cm³/mol. The highest BCUT2D eigenvalue weighted by Crippen LogP contribution is 2.19. The Hall–Kier alpha value is -2.22. The van der Waals surface area contributed by atoms with Gasteiger partial charge in [0.05, 0.1) is 11.4 Å². The molecule has 2 nitrogen and oxygen atoms in total. The van der Waals surface area contributed by atoms with Crippen molar-refractivity contribution >= 4 is 23.8 Å². The molecule has 0 saturated heterocycles. The van der Waals surface area contributed by atoms with Crippen LogP contribution in [0.15, 0.2) is 58.5 Å². The van der Waals surface area contributed by atoms with Crippen LogP contribution in [0.2, 0.25) is 0 Å². The summed E-state index contributed by atoms with van der Waals surface area (Å²) in [6, 6.07) is 16.1. The zero-order valence-corrected chi connectivity index (χ0v) is 10.7. The summed E-state index contributed by atoms with van der Waals surface area (Å²) in [5, 5.41) is 0. The molecule has 0 aliphatic carbocycles. The van der Waals surface area contributed by atoms with Gasteiger partial charge in [-0.2, -0.15) is 0 Å². The lowest BCUT2D eigenvalue weighted by atomic mass is 10.2. The van der Waals surface area contributed by atoms with Crippen LogP contribution in [-0.4, -0.2) is 12.4 Å². The molecule has 0 saturated carbocycles. The molecule has 0 atom stereocenters. The third kappa shape index (κ3) is 3.39. The van der Waals surface area contributed by atoms with E-state index in [1.807, 2.05) is 37.4 Å². The molecule has 0 heterocycles. The summed E-state index contributed by atoms with van der Waals surface area (Å²) >= 11 is 0. The monoisotopic (exact) mass is 236 g/mol. The number of rotatable bonds is 3. The molecule has 18 heavy (non-hydrogen) atoms. The molecule has 0 radical (unpaired) electrons. The first-order chi connectivity index (χ1) is 8.78. The largest absolute Gasteiger partial charge is 0.261 e. The highest BCUT2D eigenvalue weighted by Gasteiger charge is 1.92. The van der Waals surface area contributed by atoms with Gasteiger partial charge in [-0.15, -0.1) is 0 Å². The molecule has 0 spiro atoms. The fourth-order valence-corrected chi connectivity index (χ4v) is 1.60. The quantitative estimate of drug-likeness (QED) is 0.702. The van der Waals surface area contributed by atoms with E-state index in [-0.39, 0.29) is 0 Å². The van der Waals surface area contributed by atoms with E-state index in [0.29, 0.717) is 0 Å². The Morgan fingerprint density at radius 2 is 1.56 bits per heavy atom. The fraction of sp³-hybridized carbons (Fsp3) is 0.125. The Bertz CT molecular complexity index is 566. The van der Waals surface area contributed by atoms with Crippen molar-refractivity contribution in [2.75, 3.05) is 0 Å². The molecule has 2 heteroatoms. The van der Waals surface area contributed by atoms with Gasteiger partial charge in [0.15, 0.2) is 0 Å². The van der Waals surface area contributed by atoms with E-state index in [1.54, 1.807) is 6.21 Å². The van der Waals surface area contributed by atoms with Gasteiger partial charge < -0.3 is 0 Å². The predicted octanol–water partition coefficient (Wildman–Crippen LogP) is 4.47. The third-order valence-electron chi connectivity index (χ3n) is 2.55. The minimum Gasteiger partial charge on any atom is -0.261 e. The molecular weight excluding hydrogens is 220 g/mol. The minimum atomic E-state index is 0.915. The molecule has 0 aliphatic heterocycles. The summed E-state index contributed by atoms with van der Waals surface area (Å²) in [7, 11) is 0. The van der Waals surface area contributed by atoms with Gasteiger partial charge in [-0.05, 0) is 37.6 Å². The molecule has 0 unspecified atom stereocenters. The van der Waals surface area contributed by atoms with Crippen LogP contribution in [0.4, 0.5) is 11.4 Å². The maximum Gasteiger partial charge on any atom is 0.0651 e. The Balaban J connectivity index is 2.18. The number of aliphatic imine (C=N–C) groups is 2. The highest BCUT2D eigenvalue weighted by atomic mass is 14.7. The number of nitrogens with zero attached hydrogens (tertiary/aromatic N) is 2. The second-order valence-electron chi connectivity index (χ2n) is 4.08. The zero-order chi connectivity index (χ0) is 12.8. The van der Waals surface area contributed by atoms with E-state index >= 15 is 0 Å². The Labute approximate surface area is 108 Å². The van der Waals surface area contributed by atoms with E-state index in [2.05, 4.69) is 41.2 Å². The van der Waals surface area contributed by atoms with Crippen molar-refractivity contribution in [1.29, 1.82) is 0 Å². The summed E-state index contributed by atoms with van der Waals surface area (Å²) < 4.78 is 0. The molecule has 0 amide bonds. The first-order valence-corrected chi connectivity index (χ1v) is 5.97. The van der Waals surface area contributed by atoms with E-state index < -0.39 is 0 Å². The van der Waals surface area contributed by atoms with Crippen molar-refractivity contribution in [3.05, 3.63) is 59.7 Å². The summed E-state index contributed by atoms with van der Waals surface area (Å²) in [5.74, 6) is 0. The summed E-state index contributed by atoms with van der Waals surface area (Å²) in [5.41, 5.74) is 4.20. The lowest BCUT2D eigenvalue weighted by molar-refractivity contribution is 1.45. The lowest BCUT2D eigenvalue weighted by Gasteiger charge is -1.97. The normalized spacial score (nSPS) is 11.4. The van der Waals surface area contributed by atoms with Gasteiger partial charge in [0, 0.05) is 12.4 Å². The van der Waals surface area contributed by atoms with Crippen LogP contribution in [-0.2, 0) is 0 Å². The Morgan fingerprint density at radius 3 is 2.22 bits per heavy atom. The van der Waals surface area contributed by atoms with Crippen LogP contribution in [0, 0.1) is 6.92 Å². The average molecular weight is 236 g/mol. The number of benzene rings is 2. The van der Waals surface area contributed by atoms with Gasteiger partial charge in [0.25, 0.3) is 0 Å². The maximum atomic E-state index is 4.45. The van der Waals surface area contributed by atoms with Gasteiger partial charge in [0.2, 0.25) is 0 Å². The SMILES string of the molecule is CC=Nc1cccc(N=Cc2ccc(C)cc2)c1. The molecule has 2 rings (SSSR count). The summed E-state index contributed by atoms with van der Waals surface area (Å²) in [6.07, 6.45) is 3.65. The van der Waals surface area contributed by atoms with Crippen molar-refractivity contribution in [3.8, 4) is 0 Å². The molecule has 2 aromatic rings. The first-order valence-electron chi connectivity index (χ1n) is 5.97. The zero-order valence-electron chi connectivity index (χ0n) is 10.7. The third-order valence-corrected chi connectivity index (χ3v) is 2.55. The van der Waals surface area contributed by atoms with E-state index in [4.69, 9.17) is 0 Å². The van der Waals surface area contributed by atoms with Crippen LogP contribution in [0.1, 0.15) is 18.1 Å². The van der Waals surface area contributed by atoms with Crippen molar-refractivity contribution in [2.45, 2.75) is 13.8 Å². The molecule has 2 aromatic carbocycles. The Morgan fingerprint density at radius 1 is 0.889 bits per heavy atom. The second-order valence-corrected chi connectivity index (χ2v) is 4.08. The van der Waals surface area contributed by atoms with Gasteiger partial charge in [-0.25, -0.2) is 0 Å². The lowest BCUT2D eigenvalue weighted by Crippen LogP contribution is -1.80. The van der Waals surface area contributed by atoms with Crippen molar-refractivity contribution in [3.63, 3.8) is 0 Å². The van der Waals surface area contributed by atoms with Gasteiger partial charge in [-0.3, -0.25) is 9.98 Å². The second kappa shape index (κ2) is 5.92. The van der Waals surface area contributed by atoms with Gasteiger partial charge in [-0.1, -0.05) is 35.9 Å². The van der Waals surface area contributed by atoms with Crippen molar-refractivity contribution in [2.24, 2.45) is 9.98 Å². The summed E-state index contributed by atoms with van der Waals surface area (Å²) in [4.78, 5) is 8.69. The van der Waals surface area contributed by atoms with Crippen LogP contribution in [0.3, 0.4) is 0 Å². The number of hydrogen-bond donors (Lipinski definition) is 0. The molecule has 0 bridgehead atoms. The van der Waals surface area contributed by atoms with E-state index in [9.17, 15) is 0 Å². The standard InChI is InChI=1S/C16H16N2/c1-3-17-15-5-4-6-16(11-15)18-12-14-9-7-13(2)8-10-14/h3-12H,1-2H3. The maximum absolute atomic E-state index is 4.45. The summed E-state index contributed by atoms with van der Waals surface area (Å²) in [6.45, 7) is 3.98. The van der Waals surface area contributed by atoms with Crippen LogP contribution >= 0.6 is 0 Å². The molecule has 0 N–H and O–H groups in total. The van der Waals surface area contributed by atoms with E-state index in [1.165, 1.54) is 5.56 Å². The van der Waals surface area contributed by atoms with Crippen LogP contribution < -0.4 is 0 Å². The van der Waals surface area contributed by atoms with Gasteiger partial charge >= 0.3 is 0 Å². The highest BCUT2D eigenvalue weighted by molar-refractivity contribution is 5.82. The topological polar surface area (TPSA) is 24.7 Å². The Kier molecular flexibility index (Phi) is 4.02. The van der Waals surface area contributed by atoms with Crippen LogP contribution in [0.5, 0.6) is 0 Å². The van der Waals surface area contributed by atoms with Crippen molar-refractivity contribution < 1.29 is 0 Å². The van der Waals surface area contributed by atoms with Gasteiger partial charge in [0.1, 0.15) is 0 Å². The van der Waals surface area contributed by atoms with E-state index in [0.717, 1.165) is 16.9 Å². The molecule has 0 fully saturated rings. The molecule has 90 valence electrons. The molecule has 0 aliphatic rings.